The molecule has 0 spiro atoms. The standard InChI is InChI=1S/C16H18Cl2N2O4/c1-10(2)8-19-16(23)20-14(21)9-24-15(22)6-4-11-3-5-12(17)7-13(11)18/h3-7,10H,8-9H2,1-2H3,(H2,19,20,21,23)/b6-4+. The Hall–Kier alpha value is -2.05. The van der Waals surface area contributed by atoms with Gasteiger partial charge in [0.2, 0.25) is 0 Å². The van der Waals surface area contributed by atoms with Crippen LogP contribution in [0, 0.1) is 5.92 Å². The highest BCUT2D eigenvalue weighted by molar-refractivity contribution is 6.35. The Morgan fingerprint density at radius 3 is 2.58 bits per heavy atom. The quantitative estimate of drug-likeness (QED) is 0.593. The van der Waals surface area contributed by atoms with Crippen molar-refractivity contribution >= 4 is 47.2 Å². The van der Waals surface area contributed by atoms with Crippen molar-refractivity contribution in [3.8, 4) is 0 Å². The van der Waals surface area contributed by atoms with E-state index in [0.717, 1.165) is 6.08 Å². The van der Waals surface area contributed by atoms with Crippen molar-refractivity contribution < 1.29 is 19.1 Å². The molecule has 0 radical (unpaired) electrons. The molecule has 3 amide bonds. The van der Waals surface area contributed by atoms with Crippen molar-refractivity contribution in [2.75, 3.05) is 13.2 Å². The number of nitrogens with one attached hydrogen (secondary N) is 2. The van der Waals surface area contributed by atoms with E-state index in [-0.39, 0.29) is 5.92 Å². The number of carbonyl (C=O) groups excluding carboxylic acids is 3. The maximum atomic E-state index is 11.5. The number of ether oxygens (including phenoxy) is 1. The van der Waals surface area contributed by atoms with Crippen molar-refractivity contribution in [3.63, 3.8) is 0 Å². The van der Waals surface area contributed by atoms with Crippen molar-refractivity contribution in [2.24, 2.45) is 5.92 Å². The second-order valence-corrected chi connectivity index (χ2v) is 6.10. The predicted molar refractivity (Wildman–Crippen MR) is 92.8 cm³/mol. The number of rotatable bonds is 6. The Balaban J connectivity index is 2.38. The molecule has 130 valence electrons. The Morgan fingerprint density at radius 1 is 1.25 bits per heavy atom. The van der Waals surface area contributed by atoms with E-state index in [4.69, 9.17) is 27.9 Å². The Morgan fingerprint density at radius 2 is 1.96 bits per heavy atom. The highest BCUT2D eigenvalue weighted by Crippen LogP contribution is 2.21. The fourth-order valence-electron chi connectivity index (χ4n) is 1.48. The first-order valence-corrected chi connectivity index (χ1v) is 7.91. The van der Waals surface area contributed by atoms with Gasteiger partial charge < -0.3 is 10.1 Å². The van der Waals surface area contributed by atoms with Crippen LogP contribution < -0.4 is 10.6 Å². The van der Waals surface area contributed by atoms with Crippen LogP contribution in [-0.2, 0) is 14.3 Å². The van der Waals surface area contributed by atoms with Gasteiger partial charge in [-0.25, -0.2) is 9.59 Å². The summed E-state index contributed by atoms with van der Waals surface area (Å²) < 4.78 is 4.73. The van der Waals surface area contributed by atoms with Gasteiger partial charge in [-0.3, -0.25) is 10.1 Å². The Kier molecular flexibility index (Phi) is 8.29. The molecule has 6 nitrogen and oxygen atoms in total. The van der Waals surface area contributed by atoms with Crippen LogP contribution in [0.3, 0.4) is 0 Å². The lowest BCUT2D eigenvalue weighted by Gasteiger charge is -2.08. The topological polar surface area (TPSA) is 84.5 Å². The average molecular weight is 373 g/mol. The average Bonchev–Trinajstić information content (AvgIpc) is 2.50. The van der Waals surface area contributed by atoms with Crippen molar-refractivity contribution in [1.82, 2.24) is 10.6 Å². The van der Waals surface area contributed by atoms with Crippen LogP contribution >= 0.6 is 23.2 Å². The van der Waals surface area contributed by atoms with Crippen LogP contribution in [0.5, 0.6) is 0 Å². The van der Waals surface area contributed by atoms with E-state index in [0.29, 0.717) is 22.2 Å². The summed E-state index contributed by atoms with van der Waals surface area (Å²) in [7, 11) is 0. The van der Waals surface area contributed by atoms with E-state index >= 15 is 0 Å². The van der Waals surface area contributed by atoms with E-state index < -0.39 is 24.5 Å². The van der Waals surface area contributed by atoms with Crippen LogP contribution in [0.4, 0.5) is 4.79 Å². The fraction of sp³-hybridized carbons (Fsp3) is 0.312. The maximum absolute atomic E-state index is 11.5. The Labute approximate surface area is 150 Å². The third-order valence-electron chi connectivity index (χ3n) is 2.63. The number of amides is 3. The monoisotopic (exact) mass is 372 g/mol. The molecule has 0 heterocycles. The highest BCUT2D eigenvalue weighted by atomic mass is 35.5. The number of halogens is 2. The molecule has 0 bridgehead atoms. The minimum atomic E-state index is -0.737. The zero-order chi connectivity index (χ0) is 18.1. The lowest BCUT2D eigenvalue weighted by molar-refractivity contribution is -0.143. The predicted octanol–water partition coefficient (Wildman–Crippen LogP) is 3.03. The smallest absolute Gasteiger partial charge is 0.331 e. The van der Waals surface area contributed by atoms with E-state index in [1.165, 1.54) is 12.1 Å². The summed E-state index contributed by atoms with van der Waals surface area (Å²) in [5.41, 5.74) is 0.579. The van der Waals surface area contributed by atoms with E-state index in [1.54, 1.807) is 12.1 Å². The molecule has 0 atom stereocenters. The minimum absolute atomic E-state index is 0.258. The normalized spacial score (nSPS) is 10.7. The van der Waals surface area contributed by atoms with Crippen LogP contribution in [-0.4, -0.2) is 31.1 Å². The zero-order valence-electron chi connectivity index (χ0n) is 13.3. The third kappa shape index (κ3) is 7.99. The molecule has 1 aromatic carbocycles. The number of urea groups is 1. The second kappa shape index (κ2) is 9.95. The van der Waals surface area contributed by atoms with E-state index in [9.17, 15) is 14.4 Å². The number of carbonyl (C=O) groups is 3. The molecule has 2 N–H and O–H groups in total. The molecule has 0 aliphatic rings. The number of hydrogen-bond acceptors (Lipinski definition) is 4. The maximum Gasteiger partial charge on any atom is 0.331 e. The summed E-state index contributed by atoms with van der Waals surface area (Å²) in [6.45, 7) is 3.71. The first kappa shape index (κ1) is 20.0. The summed E-state index contributed by atoms with van der Waals surface area (Å²) >= 11 is 11.7. The largest absolute Gasteiger partial charge is 0.452 e. The van der Waals surface area contributed by atoms with Gasteiger partial charge in [-0.1, -0.05) is 43.1 Å². The minimum Gasteiger partial charge on any atom is -0.452 e. The molecule has 24 heavy (non-hydrogen) atoms. The summed E-state index contributed by atoms with van der Waals surface area (Å²) in [4.78, 5) is 34.4. The van der Waals surface area contributed by atoms with Crippen LogP contribution in [0.1, 0.15) is 19.4 Å². The molecule has 0 aromatic heterocycles. The number of hydrogen-bond donors (Lipinski definition) is 2. The van der Waals surface area contributed by atoms with Crippen molar-refractivity contribution in [1.29, 1.82) is 0 Å². The molecular formula is C16H18Cl2N2O4. The zero-order valence-corrected chi connectivity index (χ0v) is 14.8. The second-order valence-electron chi connectivity index (χ2n) is 5.26. The van der Waals surface area contributed by atoms with Gasteiger partial charge in [-0.15, -0.1) is 0 Å². The highest BCUT2D eigenvalue weighted by Gasteiger charge is 2.09. The SMILES string of the molecule is CC(C)CNC(=O)NC(=O)COC(=O)/C=C/c1ccc(Cl)cc1Cl. The summed E-state index contributed by atoms with van der Waals surface area (Å²) in [5.74, 6) is -1.20. The fourth-order valence-corrected chi connectivity index (χ4v) is 1.95. The molecule has 1 rings (SSSR count). The molecule has 0 fully saturated rings. The lowest BCUT2D eigenvalue weighted by atomic mass is 10.2. The number of imide groups is 1. The molecule has 0 saturated heterocycles. The van der Waals surface area contributed by atoms with Gasteiger partial charge in [-0.05, 0) is 29.7 Å². The molecule has 8 heteroatoms. The van der Waals surface area contributed by atoms with Crippen molar-refractivity contribution in [2.45, 2.75) is 13.8 Å². The van der Waals surface area contributed by atoms with Crippen LogP contribution in [0.25, 0.3) is 6.08 Å². The van der Waals surface area contributed by atoms with Crippen LogP contribution in [0.2, 0.25) is 10.0 Å². The molecule has 0 saturated carbocycles. The first-order valence-electron chi connectivity index (χ1n) is 7.15. The van der Waals surface area contributed by atoms with Gasteiger partial charge in [0.15, 0.2) is 6.61 Å². The first-order chi connectivity index (χ1) is 11.3. The lowest BCUT2D eigenvalue weighted by Crippen LogP contribution is -2.42. The van der Waals surface area contributed by atoms with Gasteiger partial charge in [0.1, 0.15) is 0 Å². The molecule has 0 aliphatic carbocycles. The number of esters is 1. The molecule has 1 aromatic rings. The summed E-state index contributed by atoms with van der Waals surface area (Å²) in [6.07, 6.45) is 2.56. The van der Waals surface area contributed by atoms with Crippen molar-refractivity contribution in [3.05, 3.63) is 39.9 Å². The third-order valence-corrected chi connectivity index (χ3v) is 3.19. The van der Waals surface area contributed by atoms with Crippen LogP contribution in [0.15, 0.2) is 24.3 Å². The van der Waals surface area contributed by atoms with Gasteiger partial charge >= 0.3 is 12.0 Å². The van der Waals surface area contributed by atoms with Gasteiger partial charge in [-0.2, -0.15) is 0 Å². The summed E-state index contributed by atoms with van der Waals surface area (Å²) in [6, 6.07) is 4.17. The van der Waals surface area contributed by atoms with Gasteiger partial charge in [0.25, 0.3) is 5.91 Å². The molecular weight excluding hydrogens is 355 g/mol. The van der Waals surface area contributed by atoms with Gasteiger partial charge in [0, 0.05) is 22.7 Å². The summed E-state index contributed by atoms with van der Waals surface area (Å²) in [5, 5.41) is 5.42. The Bertz CT molecular complexity index is 645. The number of benzene rings is 1. The molecule has 0 aliphatic heterocycles. The van der Waals surface area contributed by atoms with E-state index in [1.807, 2.05) is 13.8 Å². The molecule has 0 unspecified atom stereocenters. The van der Waals surface area contributed by atoms with E-state index in [2.05, 4.69) is 10.6 Å². The van der Waals surface area contributed by atoms with Gasteiger partial charge in [0.05, 0.1) is 0 Å².